The third kappa shape index (κ3) is 2.80. The van der Waals surface area contributed by atoms with Crippen LogP contribution in [-0.2, 0) is 4.79 Å². The zero-order valence-electron chi connectivity index (χ0n) is 4.57. The van der Waals surface area contributed by atoms with Crippen LogP contribution in [-0.4, -0.2) is 10.6 Å². The molecule has 0 fully saturated rings. The lowest BCUT2D eigenvalue weighted by Crippen LogP contribution is -2.06. The topological polar surface area (TPSA) is 17.1 Å². The van der Waals surface area contributed by atoms with Crippen molar-refractivity contribution in [1.82, 2.24) is 0 Å². The summed E-state index contributed by atoms with van der Waals surface area (Å²) in [5, 5.41) is 0. The van der Waals surface area contributed by atoms with Crippen LogP contribution in [0.25, 0.3) is 0 Å². The molecule has 0 aromatic carbocycles. The molecule has 0 unspecified atom stereocenters. The van der Waals surface area contributed by atoms with E-state index in [0.29, 0.717) is 6.42 Å². The van der Waals surface area contributed by atoms with E-state index in [1.165, 1.54) is 0 Å². The molecule has 0 amide bonds. The van der Waals surface area contributed by atoms with Crippen molar-refractivity contribution in [3.8, 4) is 0 Å². The Hall–Kier alpha value is 0.150. The van der Waals surface area contributed by atoms with Crippen molar-refractivity contribution >= 4 is 21.7 Å². The second kappa shape index (κ2) is 3.19. The van der Waals surface area contributed by atoms with E-state index in [1.54, 1.807) is 0 Å². The highest BCUT2D eigenvalue weighted by molar-refractivity contribution is 9.10. The van der Waals surface area contributed by atoms with Gasteiger partial charge < -0.3 is 0 Å². The molecule has 1 nitrogen and oxygen atoms in total. The summed E-state index contributed by atoms with van der Waals surface area (Å²) in [6, 6.07) is 0. The van der Waals surface area contributed by atoms with Gasteiger partial charge in [0.05, 0.1) is 4.83 Å². The molecule has 0 aliphatic rings. The molecule has 0 aliphatic carbocycles. The number of carbonyl (C=O) groups excluding carboxylic acids is 1. The zero-order chi connectivity index (χ0) is 5.86. The molecule has 0 saturated heterocycles. The van der Waals surface area contributed by atoms with E-state index in [2.05, 4.69) is 15.9 Å². The number of hydrogen-bond donors (Lipinski definition) is 0. The lowest BCUT2D eigenvalue weighted by Gasteiger charge is -1.93. The smallest absolute Gasteiger partial charge is 0.145 e. The van der Waals surface area contributed by atoms with Gasteiger partial charge in [-0.05, 0) is 6.92 Å². The van der Waals surface area contributed by atoms with Gasteiger partial charge >= 0.3 is 0 Å². The van der Waals surface area contributed by atoms with E-state index >= 15 is 0 Å². The monoisotopic (exact) mass is 164 g/mol. The third-order valence-corrected chi connectivity index (χ3v) is 1.30. The highest BCUT2D eigenvalue weighted by atomic mass is 79.9. The van der Waals surface area contributed by atoms with Gasteiger partial charge in [-0.3, -0.25) is 4.79 Å². The SMILES string of the molecule is CCC(=O)[C@H](C)Br. The maximum atomic E-state index is 10.5. The summed E-state index contributed by atoms with van der Waals surface area (Å²) in [5.41, 5.74) is 0. The van der Waals surface area contributed by atoms with Crippen LogP contribution in [0.4, 0.5) is 0 Å². The molecule has 0 aliphatic heterocycles. The van der Waals surface area contributed by atoms with Gasteiger partial charge in [-0.15, -0.1) is 0 Å². The van der Waals surface area contributed by atoms with E-state index in [-0.39, 0.29) is 10.6 Å². The van der Waals surface area contributed by atoms with E-state index < -0.39 is 0 Å². The second-order valence-corrected chi connectivity index (χ2v) is 2.81. The Morgan fingerprint density at radius 1 is 1.86 bits per heavy atom. The minimum absolute atomic E-state index is 0.0394. The van der Waals surface area contributed by atoms with Crippen LogP contribution in [0.2, 0.25) is 0 Å². The van der Waals surface area contributed by atoms with Crippen LogP contribution < -0.4 is 0 Å². The maximum Gasteiger partial charge on any atom is 0.145 e. The molecule has 0 aromatic heterocycles. The normalized spacial score (nSPS) is 13.6. The lowest BCUT2D eigenvalue weighted by molar-refractivity contribution is -0.117. The van der Waals surface area contributed by atoms with Crippen LogP contribution in [0.15, 0.2) is 0 Å². The molecule has 0 saturated carbocycles. The average molecular weight is 165 g/mol. The first-order chi connectivity index (χ1) is 3.18. The van der Waals surface area contributed by atoms with E-state index in [1.807, 2.05) is 13.8 Å². The third-order valence-electron chi connectivity index (χ3n) is 0.792. The van der Waals surface area contributed by atoms with Crippen LogP contribution >= 0.6 is 15.9 Å². The van der Waals surface area contributed by atoms with Crippen LogP contribution in [0, 0.1) is 0 Å². The van der Waals surface area contributed by atoms with Gasteiger partial charge in [-0.2, -0.15) is 0 Å². The van der Waals surface area contributed by atoms with E-state index in [0.717, 1.165) is 0 Å². The number of carbonyl (C=O) groups is 1. The minimum atomic E-state index is 0.0394. The summed E-state index contributed by atoms with van der Waals surface area (Å²) in [5.74, 6) is 0.264. The Bertz CT molecular complexity index is 68.5. The van der Waals surface area contributed by atoms with Crippen LogP contribution in [0.3, 0.4) is 0 Å². The fourth-order valence-electron chi connectivity index (χ4n) is 0.281. The average Bonchev–Trinajstić information content (AvgIpc) is 1.65. The molecular formula is C5H9BrO. The fourth-order valence-corrected chi connectivity index (χ4v) is 0.605. The Morgan fingerprint density at radius 2 is 2.29 bits per heavy atom. The second-order valence-electron chi connectivity index (χ2n) is 1.44. The lowest BCUT2D eigenvalue weighted by atomic mass is 10.2. The molecule has 0 rings (SSSR count). The number of hydrogen-bond acceptors (Lipinski definition) is 1. The molecule has 0 heterocycles. The Labute approximate surface area is 52.2 Å². The van der Waals surface area contributed by atoms with Crippen molar-refractivity contribution in [1.29, 1.82) is 0 Å². The largest absolute Gasteiger partial charge is 0.298 e. The molecule has 0 radical (unpaired) electrons. The first kappa shape index (κ1) is 7.15. The van der Waals surface area contributed by atoms with Crippen molar-refractivity contribution in [2.45, 2.75) is 25.1 Å². The van der Waals surface area contributed by atoms with E-state index in [9.17, 15) is 4.79 Å². The number of rotatable bonds is 2. The summed E-state index contributed by atoms with van der Waals surface area (Å²) < 4.78 is 0. The molecule has 2 heteroatoms. The van der Waals surface area contributed by atoms with E-state index in [4.69, 9.17) is 0 Å². The zero-order valence-corrected chi connectivity index (χ0v) is 6.16. The molecule has 0 bridgehead atoms. The molecule has 7 heavy (non-hydrogen) atoms. The van der Waals surface area contributed by atoms with Gasteiger partial charge in [0.15, 0.2) is 0 Å². The van der Waals surface area contributed by atoms with Crippen LogP contribution in [0.1, 0.15) is 20.3 Å². The summed E-state index contributed by atoms with van der Waals surface area (Å²) in [7, 11) is 0. The number of ketones is 1. The van der Waals surface area contributed by atoms with Crippen molar-refractivity contribution < 1.29 is 4.79 Å². The van der Waals surface area contributed by atoms with Gasteiger partial charge in [0, 0.05) is 6.42 Å². The van der Waals surface area contributed by atoms with Crippen LogP contribution in [0.5, 0.6) is 0 Å². The van der Waals surface area contributed by atoms with Gasteiger partial charge in [0.1, 0.15) is 5.78 Å². The quantitative estimate of drug-likeness (QED) is 0.569. The van der Waals surface area contributed by atoms with Crippen molar-refractivity contribution in [2.24, 2.45) is 0 Å². The first-order valence-electron chi connectivity index (χ1n) is 2.35. The molecular weight excluding hydrogens is 156 g/mol. The fraction of sp³-hybridized carbons (Fsp3) is 0.800. The Kier molecular flexibility index (Phi) is 3.26. The minimum Gasteiger partial charge on any atom is -0.298 e. The van der Waals surface area contributed by atoms with Crippen molar-refractivity contribution in [2.75, 3.05) is 0 Å². The number of Topliss-reactive ketones (excluding diaryl/α,β-unsaturated/α-hetero) is 1. The summed E-state index contributed by atoms with van der Waals surface area (Å²) in [6.45, 7) is 3.70. The maximum absolute atomic E-state index is 10.5. The Balaban J connectivity index is 3.35. The highest BCUT2D eigenvalue weighted by Gasteiger charge is 2.02. The highest BCUT2D eigenvalue weighted by Crippen LogP contribution is 2.00. The van der Waals surface area contributed by atoms with Gasteiger partial charge in [0.25, 0.3) is 0 Å². The molecule has 0 N–H and O–H groups in total. The van der Waals surface area contributed by atoms with Crippen molar-refractivity contribution in [3.05, 3.63) is 0 Å². The molecule has 42 valence electrons. The first-order valence-corrected chi connectivity index (χ1v) is 3.26. The Morgan fingerprint density at radius 3 is 2.29 bits per heavy atom. The summed E-state index contributed by atoms with van der Waals surface area (Å²) >= 11 is 3.15. The molecule has 0 spiro atoms. The number of alkyl halides is 1. The van der Waals surface area contributed by atoms with Gasteiger partial charge in [-0.1, -0.05) is 22.9 Å². The predicted octanol–water partition coefficient (Wildman–Crippen LogP) is 1.75. The standard InChI is InChI=1S/C5H9BrO/c1-3-5(7)4(2)6/h4H,3H2,1-2H3/t4-/m0/s1. The molecule has 0 aromatic rings. The predicted molar refractivity (Wildman–Crippen MR) is 33.7 cm³/mol. The van der Waals surface area contributed by atoms with Crippen molar-refractivity contribution in [3.63, 3.8) is 0 Å². The van der Waals surface area contributed by atoms with Gasteiger partial charge in [-0.25, -0.2) is 0 Å². The summed E-state index contributed by atoms with van der Waals surface area (Å²) in [6.07, 6.45) is 0.631. The summed E-state index contributed by atoms with van der Waals surface area (Å²) in [4.78, 5) is 10.5. The van der Waals surface area contributed by atoms with Gasteiger partial charge in [0.2, 0.25) is 0 Å². The molecule has 1 atom stereocenters. The number of halogens is 1.